The number of methoxy groups -OCH3 is 1. The van der Waals surface area contributed by atoms with Gasteiger partial charge in [0.05, 0.1) is 26.1 Å². The first-order chi connectivity index (χ1) is 17.3. The quantitative estimate of drug-likeness (QED) is 0.161. The van der Waals surface area contributed by atoms with Crippen LogP contribution >= 0.6 is 11.3 Å². The summed E-state index contributed by atoms with van der Waals surface area (Å²) in [4.78, 5) is 12.4. The minimum absolute atomic E-state index is 0.00713. The Kier molecular flexibility index (Phi) is 9.38. The van der Waals surface area contributed by atoms with E-state index in [1.807, 2.05) is 30.3 Å². The van der Waals surface area contributed by atoms with Crippen molar-refractivity contribution in [1.82, 2.24) is 10.2 Å². The Bertz CT molecular complexity index is 1360. The maximum atomic E-state index is 12.4. The molecule has 0 bridgehead atoms. The Balaban J connectivity index is 1.50. The minimum Gasteiger partial charge on any atom is -0.497 e. The number of nitrogens with zero attached hydrogens (tertiary/aromatic N) is 3. The first-order valence-electron chi connectivity index (χ1n) is 10.8. The van der Waals surface area contributed by atoms with Crippen LogP contribution in [0.15, 0.2) is 58.4 Å². The molecule has 12 heteroatoms. The molecule has 36 heavy (non-hydrogen) atoms. The maximum absolute atomic E-state index is 12.4. The lowest BCUT2D eigenvalue weighted by molar-refractivity contribution is -0.112. The Morgan fingerprint density at radius 1 is 1.08 bits per heavy atom. The third-order valence-corrected chi connectivity index (χ3v) is 7.72. The predicted octanol–water partition coefficient (Wildman–Crippen LogP) is 3.73. The number of carbonyl (C=O) groups excluding carboxylic acids is 1. The van der Waals surface area contributed by atoms with E-state index in [9.17, 15) is 18.5 Å². The Labute approximate surface area is 213 Å². The second-order valence-corrected chi connectivity index (χ2v) is 10.6. The number of rotatable bonds is 12. The number of amides is 1. The maximum Gasteiger partial charge on any atom is 0.268 e. The van der Waals surface area contributed by atoms with Crippen LogP contribution in [0.2, 0.25) is 0 Å². The van der Waals surface area contributed by atoms with Crippen LogP contribution in [0, 0.1) is 11.3 Å². The number of carbonyl (C=O) groups is 1. The van der Waals surface area contributed by atoms with Gasteiger partial charge in [-0.3, -0.25) is 10.1 Å². The van der Waals surface area contributed by atoms with E-state index in [0.29, 0.717) is 30.9 Å². The van der Waals surface area contributed by atoms with Crippen LogP contribution in [0.5, 0.6) is 17.2 Å². The molecule has 0 aliphatic carbocycles. The van der Waals surface area contributed by atoms with Gasteiger partial charge >= 0.3 is 0 Å². The van der Waals surface area contributed by atoms with Crippen molar-refractivity contribution in [1.29, 1.82) is 5.26 Å². The molecule has 3 aromatic rings. The summed E-state index contributed by atoms with van der Waals surface area (Å²) in [6.45, 7) is 2.41. The largest absolute Gasteiger partial charge is 0.497 e. The molecule has 0 atom stereocenters. The fourth-order valence-corrected chi connectivity index (χ4v) is 4.76. The molecular formula is C24H24N4O6S2. The van der Waals surface area contributed by atoms with E-state index in [0.717, 1.165) is 22.8 Å². The summed E-state index contributed by atoms with van der Waals surface area (Å²) < 4.78 is 40.1. The number of nitrogens with one attached hydrogen (secondary N) is 1. The molecule has 188 valence electrons. The van der Waals surface area contributed by atoms with Crippen molar-refractivity contribution < 1.29 is 27.4 Å². The van der Waals surface area contributed by atoms with Crippen LogP contribution in [0.3, 0.4) is 0 Å². The van der Waals surface area contributed by atoms with Gasteiger partial charge < -0.3 is 14.2 Å². The summed E-state index contributed by atoms with van der Waals surface area (Å²) in [7, 11) is -1.93. The monoisotopic (exact) mass is 528 g/mol. The number of sulfone groups is 1. The molecule has 0 aliphatic heterocycles. The summed E-state index contributed by atoms with van der Waals surface area (Å²) in [5.74, 6) is 1.24. The zero-order valence-corrected chi connectivity index (χ0v) is 21.3. The summed E-state index contributed by atoms with van der Waals surface area (Å²) in [6.07, 6.45) is 2.08. The van der Waals surface area contributed by atoms with E-state index in [1.165, 1.54) is 13.0 Å². The third-order valence-electron chi connectivity index (χ3n) is 4.70. The lowest BCUT2D eigenvalue weighted by atomic mass is 10.1. The smallest absolute Gasteiger partial charge is 0.268 e. The van der Waals surface area contributed by atoms with Crippen LogP contribution in [0.25, 0.3) is 6.08 Å². The van der Waals surface area contributed by atoms with Crippen molar-refractivity contribution in [2.24, 2.45) is 0 Å². The van der Waals surface area contributed by atoms with Crippen LogP contribution in [-0.4, -0.2) is 50.6 Å². The van der Waals surface area contributed by atoms with E-state index in [4.69, 9.17) is 14.2 Å². The molecule has 1 amide bonds. The zero-order chi connectivity index (χ0) is 26.0. The number of ether oxygens (including phenoxy) is 3. The minimum atomic E-state index is -3.53. The highest BCUT2D eigenvalue weighted by molar-refractivity contribution is 7.93. The van der Waals surface area contributed by atoms with Gasteiger partial charge in [-0.2, -0.15) is 5.26 Å². The highest BCUT2D eigenvalue weighted by Gasteiger charge is 2.19. The molecule has 0 spiro atoms. The average molecular weight is 529 g/mol. The molecule has 0 radical (unpaired) electrons. The van der Waals surface area contributed by atoms with Gasteiger partial charge in [0.2, 0.25) is 19.3 Å². The number of nitriles is 1. The first kappa shape index (κ1) is 26.7. The van der Waals surface area contributed by atoms with Crippen LogP contribution in [-0.2, 0) is 14.6 Å². The van der Waals surface area contributed by atoms with E-state index in [1.54, 1.807) is 31.4 Å². The van der Waals surface area contributed by atoms with Gasteiger partial charge in [-0.25, -0.2) is 8.42 Å². The van der Waals surface area contributed by atoms with Gasteiger partial charge in [-0.1, -0.05) is 36.5 Å². The summed E-state index contributed by atoms with van der Waals surface area (Å²) in [5, 5.41) is 19.0. The zero-order valence-electron chi connectivity index (χ0n) is 19.6. The second-order valence-electron chi connectivity index (χ2n) is 7.20. The highest BCUT2D eigenvalue weighted by Crippen LogP contribution is 2.22. The van der Waals surface area contributed by atoms with Gasteiger partial charge in [0.1, 0.15) is 28.9 Å². The molecule has 1 N–H and O–H groups in total. The van der Waals surface area contributed by atoms with Crippen LogP contribution < -0.4 is 19.5 Å². The van der Waals surface area contributed by atoms with Crippen molar-refractivity contribution in [2.75, 3.05) is 31.4 Å². The van der Waals surface area contributed by atoms with E-state index >= 15 is 0 Å². The van der Waals surface area contributed by atoms with Gasteiger partial charge in [0, 0.05) is 12.5 Å². The average Bonchev–Trinajstić information content (AvgIpc) is 3.37. The molecular weight excluding hydrogens is 504 g/mol. The van der Waals surface area contributed by atoms with Gasteiger partial charge in [-0.15, -0.1) is 10.2 Å². The molecule has 3 rings (SSSR count). The Hall–Kier alpha value is -3.95. The fraction of sp³-hybridized carbons (Fsp3) is 0.250. The van der Waals surface area contributed by atoms with Gasteiger partial charge in [-0.05, 0) is 35.9 Å². The SMILES string of the molecule is CCS(=O)(=O)c1nnc(NC(=O)/C(C#N)=C\c2ccc(OCCCOc3cccc(OC)c3)cc2)s1. The van der Waals surface area contributed by atoms with Crippen molar-refractivity contribution in [3.63, 3.8) is 0 Å². The second kappa shape index (κ2) is 12.7. The first-order valence-corrected chi connectivity index (χ1v) is 13.3. The van der Waals surface area contributed by atoms with E-state index < -0.39 is 15.7 Å². The number of aromatic nitrogens is 2. The lowest BCUT2D eigenvalue weighted by Gasteiger charge is -2.09. The lowest BCUT2D eigenvalue weighted by Crippen LogP contribution is -2.13. The number of hydrogen-bond donors (Lipinski definition) is 1. The molecule has 10 nitrogen and oxygen atoms in total. The normalized spacial score (nSPS) is 11.4. The van der Waals surface area contributed by atoms with Crippen LogP contribution in [0.4, 0.5) is 5.13 Å². The van der Waals surface area contributed by atoms with Gasteiger partial charge in [0.15, 0.2) is 0 Å². The molecule has 0 saturated carbocycles. The molecule has 1 heterocycles. The standard InChI is InChI=1S/C24H24N4O6S2/c1-3-36(30,31)24-28-27-23(35-24)26-22(29)18(16-25)14-17-8-10-19(11-9-17)33-12-5-13-34-21-7-4-6-20(15-21)32-2/h4,6-11,14-15H,3,5,12-13H2,1-2H3,(H,26,27,29)/b18-14-. The fourth-order valence-electron chi connectivity index (χ4n) is 2.78. The van der Waals surface area contributed by atoms with Crippen molar-refractivity contribution in [2.45, 2.75) is 17.7 Å². The van der Waals surface area contributed by atoms with Gasteiger partial charge in [0.25, 0.3) is 5.91 Å². The summed E-state index contributed by atoms with van der Waals surface area (Å²) >= 11 is 0.730. The van der Waals surface area contributed by atoms with Crippen molar-refractivity contribution in [3.05, 3.63) is 59.7 Å². The van der Waals surface area contributed by atoms with E-state index in [-0.39, 0.29) is 20.8 Å². The molecule has 2 aromatic carbocycles. The summed E-state index contributed by atoms with van der Waals surface area (Å²) in [5.41, 5.74) is 0.440. The predicted molar refractivity (Wildman–Crippen MR) is 135 cm³/mol. The Morgan fingerprint density at radius 3 is 2.44 bits per heavy atom. The summed E-state index contributed by atoms with van der Waals surface area (Å²) in [6, 6.07) is 16.1. The van der Waals surface area contributed by atoms with Crippen molar-refractivity contribution >= 4 is 38.3 Å². The number of anilines is 1. The molecule has 1 aromatic heterocycles. The highest BCUT2D eigenvalue weighted by atomic mass is 32.2. The molecule has 0 unspecified atom stereocenters. The molecule has 0 fully saturated rings. The third kappa shape index (κ3) is 7.53. The van der Waals surface area contributed by atoms with E-state index in [2.05, 4.69) is 15.5 Å². The van der Waals surface area contributed by atoms with Crippen LogP contribution in [0.1, 0.15) is 18.9 Å². The topological polar surface area (TPSA) is 140 Å². The Morgan fingerprint density at radius 2 is 1.78 bits per heavy atom. The molecule has 0 aliphatic rings. The molecule has 0 saturated heterocycles. The van der Waals surface area contributed by atoms with Crippen molar-refractivity contribution in [3.8, 4) is 23.3 Å². The number of benzene rings is 2. The number of hydrogen-bond acceptors (Lipinski definition) is 10.